The zero-order chi connectivity index (χ0) is 22.1. The summed E-state index contributed by atoms with van der Waals surface area (Å²) in [6.45, 7) is 1.70. The second-order valence-electron chi connectivity index (χ2n) is 7.06. The van der Waals surface area contributed by atoms with Gasteiger partial charge in [0, 0.05) is 19.3 Å². The van der Waals surface area contributed by atoms with E-state index >= 15 is 0 Å². The van der Waals surface area contributed by atoms with E-state index in [1.807, 2.05) is 36.4 Å². The second-order valence-corrected chi connectivity index (χ2v) is 7.06. The molecule has 2 aromatic carbocycles. The molecule has 8 heteroatoms. The molecule has 8 nitrogen and oxygen atoms in total. The third kappa shape index (κ3) is 3.53. The molecule has 2 aromatic heterocycles. The van der Waals surface area contributed by atoms with E-state index in [2.05, 4.69) is 4.99 Å². The fraction of sp³-hybridized carbons (Fsp3) is 0.130. The highest BCUT2D eigenvalue weighted by Crippen LogP contribution is 2.24. The van der Waals surface area contributed by atoms with Gasteiger partial charge in [-0.1, -0.05) is 30.3 Å². The minimum Gasteiger partial charge on any atom is -0.494 e. The number of aromatic nitrogens is 2. The van der Waals surface area contributed by atoms with Gasteiger partial charge in [0.15, 0.2) is 5.58 Å². The first kappa shape index (κ1) is 19.9. The average molecular weight is 414 g/mol. The molecule has 0 aliphatic rings. The van der Waals surface area contributed by atoms with Gasteiger partial charge in [-0.25, -0.2) is 4.79 Å². The van der Waals surface area contributed by atoms with Gasteiger partial charge in [0.05, 0.1) is 23.3 Å². The minimum absolute atomic E-state index is 0.0558. The Morgan fingerprint density at radius 3 is 2.65 bits per heavy atom. The third-order valence-corrected chi connectivity index (χ3v) is 5.15. The van der Waals surface area contributed by atoms with Crippen LogP contribution in [0.4, 0.5) is 5.69 Å². The van der Waals surface area contributed by atoms with E-state index < -0.39 is 11.3 Å². The van der Waals surface area contributed by atoms with Crippen LogP contribution in [0.25, 0.3) is 11.1 Å². The molecule has 4 aromatic rings. The van der Waals surface area contributed by atoms with Gasteiger partial charge in [-0.2, -0.15) is 5.26 Å². The first-order chi connectivity index (χ1) is 14.9. The summed E-state index contributed by atoms with van der Waals surface area (Å²) in [5.74, 6) is -0.752. The summed E-state index contributed by atoms with van der Waals surface area (Å²) in [7, 11) is 1.61. The molecule has 0 bridgehead atoms. The molecular weight excluding hydrogens is 396 g/mol. The lowest BCUT2D eigenvalue weighted by Crippen LogP contribution is -2.25. The molecule has 31 heavy (non-hydrogen) atoms. The fourth-order valence-corrected chi connectivity index (χ4v) is 3.38. The maximum Gasteiger partial charge on any atom is 0.419 e. The fourth-order valence-electron chi connectivity index (χ4n) is 3.38. The Labute approximate surface area is 176 Å². The molecule has 0 amide bonds. The van der Waals surface area contributed by atoms with E-state index in [9.17, 15) is 20.0 Å². The standard InChI is InChI=1S/C23H18N4O4/c1-14-17(11-24)21(28)27(13-15-6-4-3-5-7-15)22(29)18(14)12-25-16-8-9-19-20(10-16)31-23(30)26(19)2/h3-10,12,29H,13H2,1-2H3. The molecule has 1 N–H and O–H groups in total. The Bertz CT molecular complexity index is 1480. The number of oxazole rings is 1. The highest BCUT2D eigenvalue weighted by atomic mass is 16.4. The van der Waals surface area contributed by atoms with Crippen LogP contribution < -0.4 is 11.3 Å². The van der Waals surface area contributed by atoms with Crippen LogP contribution in [0.1, 0.15) is 22.3 Å². The van der Waals surface area contributed by atoms with Crippen molar-refractivity contribution in [3.8, 4) is 11.9 Å². The number of nitriles is 1. The largest absolute Gasteiger partial charge is 0.494 e. The lowest BCUT2D eigenvalue weighted by atomic mass is 10.1. The van der Waals surface area contributed by atoms with Crippen molar-refractivity contribution in [2.24, 2.45) is 12.0 Å². The van der Waals surface area contributed by atoms with Gasteiger partial charge in [-0.05, 0) is 30.2 Å². The van der Waals surface area contributed by atoms with Crippen molar-refractivity contribution in [3.05, 3.63) is 91.7 Å². The van der Waals surface area contributed by atoms with Crippen LogP contribution in [-0.4, -0.2) is 20.5 Å². The van der Waals surface area contributed by atoms with Crippen molar-refractivity contribution in [3.63, 3.8) is 0 Å². The van der Waals surface area contributed by atoms with Crippen LogP contribution in [0.3, 0.4) is 0 Å². The van der Waals surface area contributed by atoms with Crippen molar-refractivity contribution in [2.45, 2.75) is 13.5 Å². The number of rotatable bonds is 4. The number of benzene rings is 2. The number of pyridine rings is 1. The van der Waals surface area contributed by atoms with Gasteiger partial charge in [0.25, 0.3) is 5.56 Å². The summed E-state index contributed by atoms with van der Waals surface area (Å²) < 4.78 is 7.71. The van der Waals surface area contributed by atoms with Crippen LogP contribution in [0, 0.1) is 18.3 Å². The summed E-state index contributed by atoms with van der Waals surface area (Å²) in [4.78, 5) is 28.8. The Hall–Kier alpha value is -4.38. The van der Waals surface area contributed by atoms with E-state index in [1.54, 1.807) is 32.2 Å². The molecule has 0 saturated heterocycles. The quantitative estimate of drug-likeness (QED) is 0.516. The van der Waals surface area contributed by atoms with Gasteiger partial charge in [-0.15, -0.1) is 0 Å². The third-order valence-electron chi connectivity index (χ3n) is 5.15. The molecule has 4 rings (SSSR count). The SMILES string of the molecule is Cc1c(C=Nc2ccc3c(c2)oc(=O)n3C)c(O)n(Cc2ccccc2)c(=O)c1C#N. The number of aromatic hydroxyl groups is 1. The zero-order valence-corrected chi connectivity index (χ0v) is 16.9. The number of fused-ring (bicyclic) bond motifs is 1. The predicted molar refractivity (Wildman–Crippen MR) is 116 cm³/mol. The van der Waals surface area contributed by atoms with Crippen molar-refractivity contribution < 1.29 is 9.52 Å². The van der Waals surface area contributed by atoms with Crippen LogP contribution in [0.15, 0.2) is 67.5 Å². The summed E-state index contributed by atoms with van der Waals surface area (Å²) in [6.07, 6.45) is 1.40. The van der Waals surface area contributed by atoms with Crippen LogP contribution >= 0.6 is 0 Å². The Balaban J connectivity index is 1.80. The Morgan fingerprint density at radius 2 is 1.94 bits per heavy atom. The van der Waals surface area contributed by atoms with Gasteiger partial charge < -0.3 is 9.52 Å². The Morgan fingerprint density at radius 1 is 1.19 bits per heavy atom. The van der Waals surface area contributed by atoms with E-state index in [1.165, 1.54) is 10.8 Å². The van der Waals surface area contributed by atoms with Crippen molar-refractivity contribution in [1.82, 2.24) is 9.13 Å². The molecule has 0 saturated carbocycles. The van der Waals surface area contributed by atoms with Gasteiger partial charge in [0.1, 0.15) is 11.6 Å². The topological polar surface area (TPSA) is 114 Å². The van der Waals surface area contributed by atoms with Gasteiger partial charge in [-0.3, -0.25) is 18.9 Å². The number of hydrogen-bond donors (Lipinski definition) is 1. The first-order valence-corrected chi connectivity index (χ1v) is 9.44. The molecule has 0 aliphatic carbocycles. The number of hydrogen-bond acceptors (Lipinski definition) is 6. The highest BCUT2D eigenvalue weighted by Gasteiger charge is 2.18. The van der Waals surface area contributed by atoms with Crippen molar-refractivity contribution in [2.75, 3.05) is 0 Å². The molecule has 0 spiro atoms. The predicted octanol–water partition coefficient (Wildman–Crippen LogP) is 2.98. The Kier molecular flexibility index (Phi) is 5.01. The average Bonchev–Trinajstić information content (AvgIpc) is 3.05. The monoisotopic (exact) mass is 414 g/mol. The van der Waals surface area contributed by atoms with Gasteiger partial charge >= 0.3 is 5.76 Å². The molecule has 0 atom stereocenters. The molecule has 0 aliphatic heterocycles. The lowest BCUT2D eigenvalue weighted by molar-refractivity contribution is 0.413. The van der Waals surface area contributed by atoms with Crippen molar-refractivity contribution in [1.29, 1.82) is 5.26 Å². The molecule has 2 heterocycles. The van der Waals surface area contributed by atoms with Gasteiger partial charge in [0.2, 0.25) is 5.88 Å². The zero-order valence-electron chi connectivity index (χ0n) is 16.9. The molecule has 0 radical (unpaired) electrons. The summed E-state index contributed by atoms with van der Waals surface area (Å²) in [6, 6.07) is 16.1. The van der Waals surface area contributed by atoms with Crippen molar-refractivity contribution >= 4 is 23.0 Å². The maximum atomic E-state index is 12.7. The first-order valence-electron chi connectivity index (χ1n) is 9.44. The molecular formula is C23H18N4O4. The molecule has 0 unspecified atom stereocenters. The van der Waals surface area contributed by atoms with E-state index in [0.717, 1.165) is 10.1 Å². The second kappa shape index (κ2) is 7.80. The normalized spacial score (nSPS) is 11.3. The summed E-state index contributed by atoms with van der Waals surface area (Å²) in [5, 5.41) is 20.3. The van der Waals surface area contributed by atoms with Crippen LogP contribution in [0.2, 0.25) is 0 Å². The summed E-state index contributed by atoms with van der Waals surface area (Å²) >= 11 is 0. The number of aryl methyl sites for hydroxylation is 1. The highest BCUT2D eigenvalue weighted by molar-refractivity contribution is 5.88. The van der Waals surface area contributed by atoms with E-state index in [-0.39, 0.29) is 23.6 Å². The van der Waals surface area contributed by atoms with Crippen LogP contribution in [0.5, 0.6) is 5.88 Å². The number of aliphatic imine (C=N–C) groups is 1. The maximum absolute atomic E-state index is 12.7. The van der Waals surface area contributed by atoms with E-state index in [0.29, 0.717) is 22.4 Å². The van der Waals surface area contributed by atoms with Crippen LogP contribution in [-0.2, 0) is 13.6 Å². The summed E-state index contributed by atoms with van der Waals surface area (Å²) in [5.41, 5.74) is 2.29. The lowest BCUT2D eigenvalue weighted by Gasteiger charge is -2.14. The van der Waals surface area contributed by atoms with E-state index in [4.69, 9.17) is 4.42 Å². The number of nitrogens with zero attached hydrogens (tertiary/aromatic N) is 4. The smallest absolute Gasteiger partial charge is 0.419 e. The molecule has 0 fully saturated rings. The molecule has 154 valence electrons. The minimum atomic E-state index is -0.564.